The van der Waals surface area contributed by atoms with E-state index in [0.29, 0.717) is 42.0 Å². The van der Waals surface area contributed by atoms with Gasteiger partial charge in [-0.15, -0.1) is 0 Å². The number of methoxy groups -OCH3 is 2. The third-order valence-electron chi connectivity index (χ3n) is 8.87. The molecule has 256 valence electrons. The molecular weight excluding hydrogens is 642 g/mol. The van der Waals surface area contributed by atoms with Crippen molar-refractivity contribution in [1.29, 1.82) is 0 Å². The number of ether oxygens (including phenoxy) is 3. The van der Waals surface area contributed by atoms with E-state index in [1.807, 2.05) is 6.07 Å². The number of pyridine rings is 1. The molecule has 0 N–H and O–H groups in total. The molecule has 5 rings (SSSR count). The van der Waals surface area contributed by atoms with Gasteiger partial charge in [0.25, 0.3) is 0 Å². The number of aromatic nitrogens is 1. The van der Waals surface area contributed by atoms with Crippen LogP contribution in [0.5, 0.6) is 5.88 Å². The van der Waals surface area contributed by atoms with Crippen LogP contribution >= 0.6 is 0 Å². The topological polar surface area (TPSA) is 78.0 Å². The van der Waals surface area contributed by atoms with Crippen LogP contribution in [-0.2, 0) is 21.8 Å². The number of halogens is 6. The van der Waals surface area contributed by atoms with Crippen molar-refractivity contribution in [3.63, 3.8) is 0 Å². The lowest BCUT2D eigenvalue weighted by atomic mass is 9.72. The predicted molar refractivity (Wildman–Crippen MR) is 164 cm³/mol. The summed E-state index contributed by atoms with van der Waals surface area (Å²) in [7, 11) is 2.78. The Kier molecular flexibility index (Phi) is 9.28. The number of allylic oxidation sites excluding steroid dienone is 1. The van der Waals surface area contributed by atoms with Gasteiger partial charge in [-0.25, -0.2) is 14.6 Å². The molecule has 2 aromatic carbocycles. The Labute approximate surface area is 273 Å². The van der Waals surface area contributed by atoms with E-state index in [9.17, 15) is 35.9 Å². The molecule has 48 heavy (non-hydrogen) atoms. The lowest BCUT2D eigenvalue weighted by molar-refractivity contribution is -0.143. The number of cyclic esters (lactones) is 1. The van der Waals surface area contributed by atoms with Gasteiger partial charge in [-0.05, 0) is 90.3 Å². The first-order chi connectivity index (χ1) is 22.4. The second kappa shape index (κ2) is 12.8. The van der Waals surface area contributed by atoms with E-state index in [4.69, 9.17) is 14.2 Å². The summed E-state index contributed by atoms with van der Waals surface area (Å²) in [4.78, 5) is 31.0. The normalized spacial score (nSPS) is 19.7. The van der Waals surface area contributed by atoms with Crippen molar-refractivity contribution >= 4 is 17.6 Å². The van der Waals surface area contributed by atoms with Crippen LogP contribution in [0.2, 0.25) is 0 Å². The smallest absolute Gasteiger partial charge is 0.416 e. The largest absolute Gasteiger partial charge is 0.481 e. The van der Waals surface area contributed by atoms with Crippen LogP contribution < -0.4 is 4.74 Å². The summed E-state index contributed by atoms with van der Waals surface area (Å²) in [5, 5.41) is 0. The number of carbonyl (C=O) groups is 2. The van der Waals surface area contributed by atoms with Crippen molar-refractivity contribution < 1.29 is 50.1 Å². The van der Waals surface area contributed by atoms with Gasteiger partial charge in [0.15, 0.2) is 0 Å². The van der Waals surface area contributed by atoms with Crippen molar-refractivity contribution in [1.82, 2.24) is 9.88 Å². The number of carbonyl (C=O) groups excluding carboxylic acids is 2. The third kappa shape index (κ3) is 7.14. The van der Waals surface area contributed by atoms with Gasteiger partial charge in [-0.3, -0.25) is 4.90 Å². The van der Waals surface area contributed by atoms with Gasteiger partial charge >= 0.3 is 24.4 Å². The van der Waals surface area contributed by atoms with Crippen molar-refractivity contribution in [2.45, 2.75) is 64.5 Å². The Bertz CT molecular complexity index is 1720. The maximum absolute atomic E-state index is 13.6. The molecule has 1 unspecified atom stereocenters. The standard InChI is InChI=1S/C35H34F6N2O5/c1-19-29(22-12-25(34(36,37)38)15-26(13-22)35(39,40)41)48-32(45)43(19)18-24-16-33(2,3)11-10-27(24)28-14-23(17-42-30(28)46-4)20-6-8-21(9-7-20)31(44)47-5/h6-9,12-15,17,19,29H,10-11,16,18H2,1-5H3/t19?,29-/m0/s1. The number of benzene rings is 2. The zero-order chi connectivity index (χ0) is 35.2. The van der Waals surface area contributed by atoms with E-state index in [0.717, 1.165) is 28.7 Å². The zero-order valence-corrected chi connectivity index (χ0v) is 26.9. The summed E-state index contributed by atoms with van der Waals surface area (Å²) in [6.07, 6.45) is -8.73. The van der Waals surface area contributed by atoms with Crippen LogP contribution in [0.4, 0.5) is 31.1 Å². The lowest BCUT2D eigenvalue weighted by Crippen LogP contribution is -2.35. The second-order valence-corrected chi connectivity index (χ2v) is 12.8. The first-order valence-corrected chi connectivity index (χ1v) is 15.1. The van der Waals surface area contributed by atoms with Crippen LogP contribution in [0.3, 0.4) is 0 Å². The summed E-state index contributed by atoms with van der Waals surface area (Å²) >= 11 is 0. The minimum absolute atomic E-state index is 0.0293. The number of nitrogens with zero attached hydrogens (tertiary/aromatic N) is 2. The molecule has 2 aliphatic rings. The van der Waals surface area contributed by atoms with Gasteiger partial charge in [0.05, 0.1) is 37.0 Å². The quantitative estimate of drug-likeness (QED) is 0.184. The zero-order valence-electron chi connectivity index (χ0n) is 26.9. The average Bonchev–Trinajstić information content (AvgIpc) is 3.31. The van der Waals surface area contributed by atoms with Crippen molar-refractivity contribution in [2.75, 3.05) is 20.8 Å². The SMILES string of the molecule is COC(=O)c1ccc(-c2cnc(OC)c(C3=C(CN4C(=O)O[C@H](c5cc(C(F)(F)F)cc(C(F)(F)F)c5)C4C)CC(C)(C)CC3)c2)cc1. The molecule has 2 heterocycles. The number of hydrogen-bond acceptors (Lipinski definition) is 6. The summed E-state index contributed by atoms with van der Waals surface area (Å²) < 4.78 is 97.4. The second-order valence-electron chi connectivity index (χ2n) is 12.8. The summed E-state index contributed by atoms with van der Waals surface area (Å²) in [5.74, 6) is -0.129. The molecule has 1 aromatic heterocycles. The number of amides is 1. The molecule has 0 spiro atoms. The molecule has 1 amide bonds. The Morgan fingerprint density at radius 1 is 0.979 bits per heavy atom. The van der Waals surface area contributed by atoms with Gasteiger partial charge in [-0.2, -0.15) is 26.3 Å². The fraction of sp³-hybridized carbons (Fsp3) is 0.400. The van der Waals surface area contributed by atoms with E-state index in [1.54, 1.807) is 30.5 Å². The van der Waals surface area contributed by atoms with Crippen LogP contribution in [-0.4, -0.2) is 48.8 Å². The number of esters is 1. The van der Waals surface area contributed by atoms with Crippen LogP contribution in [0.1, 0.15) is 78.7 Å². The molecule has 2 atom stereocenters. The molecule has 1 aliphatic heterocycles. The number of alkyl halides is 6. The van der Waals surface area contributed by atoms with Crippen LogP contribution in [0, 0.1) is 5.41 Å². The van der Waals surface area contributed by atoms with Gasteiger partial charge < -0.3 is 14.2 Å². The molecule has 0 saturated carbocycles. The first-order valence-electron chi connectivity index (χ1n) is 15.1. The van der Waals surface area contributed by atoms with Crippen molar-refractivity contribution in [3.05, 3.63) is 88.1 Å². The molecule has 0 bridgehead atoms. The fourth-order valence-corrected chi connectivity index (χ4v) is 6.30. The minimum Gasteiger partial charge on any atom is -0.481 e. The Morgan fingerprint density at radius 3 is 2.17 bits per heavy atom. The highest BCUT2D eigenvalue weighted by Gasteiger charge is 2.44. The van der Waals surface area contributed by atoms with Crippen LogP contribution in [0.15, 0.2) is 60.3 Å². The first kappa shape index (κ1) is 34.8. The van der Waals surface area contributed by atoms with E-state index >= 15 is 0 Å². The molecular formula is C35H34F6N2O5. The average molecular weight is 677 g/mol. The fourth-order valence-electron chi connectivity index (χ4n) is 6.30. The maximum Gasteiger partial charge on any atom is 0.416 e. The van der Waals surface area contributed by atoms with Gasteiger partial charge in [0.2, 0.25) is 5.88 Å². The third-order valence-corrected chi connectivity index (χ3v) is 8.87. The molecule has 13 heteroatoms. The number of hydrogen-bond donors (Lipinski definition) is 0. The van der Waals surface area contributed by atoms with E-state index in [2.05, 4.69) is 18.8 Å². The summed E-state index contributed by atoms with van der Waals surface area (Å²) in [6.45, 7) is 5.72. The van der Waals surface area contributed by atoms with Crippen molar-refractivity contribution in [3.8, 4) is 17.0 Å². The highest BCUT2D eigenvalue weighted by molar-refractivity contribution is 5.90. The molecule has 3 aromatic rings. The maximum atomic E-state index is 13.6. The van der Waals surface area contributed by atoms with E-state index in [1.165, 1.54) is 26.0 Å². The predicted octanol–water partition coefficient (Wildman–Crippen LogP) is 9.13. The van der Waals surface area contributed by atoms with Crippen molar-refractivity contribution in [2.24, 2.45) is 5.41 Å². The number of rotatable bonds is 7. The van der Waals surface area contributed by atoms with E-state index in [-0.39, 0.29) is 18.0 Å². The van der Waals surface area contributed by atoms with Gasteiger partial charge in [-0.1, -0.05) is 26.0 Å². The molecule has 1 saturated heterocycles. The Hall–Kier alpha value is -4.55. The molecule has 7 nitrogen and oxygen atoms in total. The Morgan fingerprint density at radius 2 is 1.60 bits per heavy atom. The Balaban J connectivity index is 1.53. The summed E-state index contributed by atoms with van der Waals surface area (Å²) in [6, 6.07) is 9.06. The van der Waals surface area contributed by atoms with E-state index < -0.39 is 53.3 Å². The summed E-state index contributed by atoms with van der Waals surface area (Å²) in [5.41, 5.74) is 0.761. The highest BCUT2D eigenvalue weighted by atomic mass is 19.4. The molecule has 1 fully saturated rings. The molecule has 1 aliphatic carbocycles. The van der Waals surface area contributed by atoms with Crippen LogP contribution in [0.25, 0.3) is 16.7 Å². The lowest BCUT2D eigenvalue weighted by Gasteiger charge is -2.35. The molecule has 0 radical (unpaired) electrons. The minimum atomic E-state index is -5.04. The van der Waals surface area contributed by atoms with Gasteiger partial charge in [0, 0.05) is 23.9 Å². The highest BCUT2D eigenvalue weighted by Crippen LogP contribution is 2.47. The van der Waals surface area contributed by atoms with Gasteiger partial charge in [0.1, 0.15) is 6.10 Å². The monoisotopic (exact) mass is 676 g/mol.